The zero-order chi connectivity index (χ0) is 24.2. The van der Waals surface area contributed by atoms with Gasteiger partial charge in [-0.1, -0.05) is 77.9 Å². The van der Waals surface area contributed by atoms with Crippen LogP contribution in [0.3, 0.4) is 0 Å². The average molecular weight is 433 g/mol. The Kier molecular flexibility index (Phi) is 11.8. The van der Waals surface area contributed by atoms with E-state index in [1.807, 2.05) is 41.5 Å². The number of carboxylic acid groups (broad SMARTS) is 2. The summed E-state index contributed by atoms with van der Waals surface area (Å²) in [6.07, 6.45) is -0.434. The molecule has 0 spiro atoms. The van der Waals surface area contributed by atoms with Gasteiger partial charge in [-0.25, -0.2) is 9.59 Å². The van der Waals surface area contributed by atoms with Gasteiger partial charge in [0.25, 0.3) is 0 Å². The number of rotatable bonds is 4. The summed E-state index contributed by atoms with van der Waals surface area (Å²) >= 11 is 0. The number of aliphatic hydroxyl groups excluding tert-OH is 2. The smallest absolute Gasteiger partial charge is 0.335 e. The zero-order valence-electron chi connectivity index (χ0n) is 19.2. The Morgan fingerprint density at radius 3 is 1.06 bits per heavy atom. The number of hydrogen-bond donors (Lipinski definition) is 4. The fourth-order valence-corrected chi connectivity index (χ4v) is 2.08. The standard InChI is InChI=1S/C11H24O2.2C7H6O2/c1-10(2,3)8(12)7-9(13)11(4,5)6;2*8-7(9)6-4-2-1-3-5-6/h8-9,12-13H,7H2,1-6H3;2*1-5H,(H,8,9). The van der Waals surface area contributed by atoms with Crippen LogP contribution in [0, 0.1) is 10.8 Å². The summed E-state index contributed by atoms with van der Waals surface area (Å²) in [4.78, 5) is 20.4. The fourth-order valence-electron chi connectivity index (χ4n) is 2.08. The first-order valence-electron chi connectivity index (χ1n) is 10.1. The van der Waals surface area contributed by atoms with Crippen LogP contribution in [0.5, 0.6) is 0 Å². The lowest BCUT2D eigenvalue weighted by Crippen LogP contribution is -2.35. The molecule has 0 aromatic heterocycles. The SMILES string of the molecule is CC(C)(C)C(O)CC(O)C(C)(C)C.O=C(O)c1ccccc1.O=C(O)c1ccccc1. The van der Waals surface area contributed by atoms with Crippen molar-refractivity contribution in [1.29, 1.82) is 0 Å². The third kappa shape index (κ3) is 12.6. The second-order valence-electron chi connectivity index (χ2n) is 9.34. The topological polar surface area (TPSA) is 115 Å². The molecule has 6 heteroatoms. The lowest BCUT2D eigenvalue weighted by Gasteiger charge is -2.32. The molecule has 2 atom stereocenters. The number of benzene rings is 2. The summed E-state index contributed by atoms with van der Waals surface area (Å²) in [5.41, 5.74) is 0.369. The number of carbonyl (C=O) groups is 2. The van der Waals surface area contributed by atoms with Gasteiger partial charge in [0, 0.05) is 6.42 Å². The average Bonchev–Trinajstić information content (AvgIpc) is 2.69. The molecule has 31 heavy (non-hydrogen) atoms. The molecule has 4 N–H and O–H groups in total. The van der Waals surface area contributed by atoms with Crippen molar-refractivity contribution in [2.45, 2.75) is 60.2 Å². The molecule has 0 fully saturated rings. The highest BCUT2D eigenvalue weighted by atomic mass is 16.4. The van der Waals surface area contributed by atoms with Crippen molar-refractivity contribution >= 4 is 11.9 Å². The van der Waals surface area contributed by atoms with E-state index in [-0.39, 0.29) is 10.8 Å². The normalized spacial score (nSPS) is 12.9. The molecule has 0 amide bonds. The molecule has 6 nitrogen and oxygen atoms in total. The molecule has 0 bridgehead atoms. The van der Waals surface area contributed by atoms with E-state index in [0.717, 1.165) is 0 Å². The summed E-state index contributed by atoms with van der Waals surface area (Å²) in [5.74, 6) is -1.76. The molecule has 0 saturated heterocycles. The minimum Gasteiger partial charge on any atom is -0.478 e. The Labute approximate surface area is 185 Å². The summed E-state index contributed by atoms with van der Waals surface area (Å²) in [7, 11) is 0. The van der Waals surface area contributed by atoms with E-state index in [2.05, 4.69) is 0 Å². The van der Waals surface area contributed by atoms with Crippen molar-refractivity contribution in [1.82, 2.24) is 0 Å². The van der Waals surface area contributed by atoms with Crippen LogP contribution in [-0.4, -0.2) is 44.6 Å². The molecule has 0 radical (unpaired) electrons. The molecule has 172 valence electrons. The quantitative estimate of drug-likeness (QED) is 0.543. The van der Waals surface area contributed by atoms with E-state index in [1.54, 1.807) is 60.7 Å². The van der Waals surface area contributed by atoms with E-state index in [1.165, 1.54) is 0 Å². The molecule has 2 aromatic carbocycles. The number of aliphatic hydroxyl groups is 2. The summed E-state index contributed by atoms with van der Waals surface area (Å²) in [6.45, 7) is 11.9. The molecule has 0 aliphatic rings. The van der Waals surface area contributed by atoms with Crippen molar-refractivity contribution in [3.63, 3.8) is 0 Å². The van der Waals surface area contributed by atoms with E-state index in [4.69, 9.17) is 10.2 Å². The minimum absolute atomic E-state index is 0.147. The van der Waals surface area contributed by atoms with Crippen molar-refractivity contribution in [2.24, 2.45) is 10.8 Å². The molecular weight excluding hydrogens is 396 g/mol. The van der Waals surface area contributed by atoms with Crippen molar-refractivity contribution in [2.75, 3.05) is 0 Å². The Bertz CT molecular complexity index is 706. The van der Waals surface area contributed by atoms with Crippen LogP contribution in [0.1, 0.15) is 68.7 Å². The monoisotopic (exact) mass is 432 g/mol. The van der Waals surface area contributed by atoms with Crippen LogP contribution >= 0.6 is 0 Å². The first-order chi connectivity index (χ1) is 14.2. The van der Waals surface area contributed by atoms with Gasteiger partial charge in [-0.2, -0.15) is 0 Å². The van der Waals surface area contributed by atoms with Crippen LogP contribution in [0.25, 0.3) is 0 Å². The number of carboxylic acids is 2. The van der Waals surface area contributed by atoms with E-state index in [9.17, 15) is 19.8 Å². The molecule has 2 rings (SSSR count). The van der Waals surface area contributed by atoms with Gasteiger partial charge in [0.1, 0.15) is 0 Å². The first kappa shape index (κ1) is 28.3. The summed E-state index contributed by atoms with van der Waals surface area (Å²) in [6, 6.07) is 16.6. The first-order valence-corrected chi connectivity index (χ1v) is 10.1. The number of hydrogen-bond acceptors (Lipinski definition) is 4. The van der Waals surface area contributed by atoms with Crippen LogP contribution < -0.4 is 0 Å². The van der Waals surface area contributed by atoms with Crippen molar-refractivity contribution in [3.05, 3.63) is 71.8 Å². The third-order valence-electron chi connectivity index (χ3n) is 4.49. The lowest BCUT2D eigenvalue weighted by molar-refractivity contribution is -0.0239. The molecule has 0 aliphatic carbocycles. The second-order valence-corrected chi connectivity index (χ2v) is 9.34. The van der Waals surface area contributed by atoms with Gasteiger partial charge in [-0.3, -0.25) is 0 Å². The van der Waals surface area contributed by atoms with Gasteiger partial charge < -0.3 is 20.4 Å². The Morgan fingerprint density at radius 2 is 0.903 bits per heavy atom. The van der Waals surface area contributed by atoms with E-state index >= 15 is 0 Å². The molecule has 0 aliphatic heterocycles. The van der Waals surface area contributed by atoms with E-state index in [0.29, 0.717) is 17.5 Å². The summed E-state index contributed by atoms with van der Waals surface area (Å²) in [5, 5.41) is 36.3. The van der Waals surface area contributed by atoms with Gasteiger partial charge in [-0.15, -0.1) is 0 Å². The molecule has 0 saturated carbocycles. The highest BCUT2D eigenvalue weighted by molar-refractivity contribution is 5.87. The van der Waals surface area contributed by atoms with Crippen LogP contribution in [0.15, 0.2) is 60.7 Å². The van der Waals surface area contributed by atoms with Gasteiger partial charge >= 0.3 is 11.9 Å². The molecule has 2 unspecified atom stereocenters. The van der Waals surface area contributed by atoms with Gasteiger partial charge in [0.05, 0.1) is 23.3 Å². The largest absolute Gasteiger partial charge is 0.478 e. The Hall–Kier alpha value is -2.70. The van der Waals surface area contributed by atoms with Gasteiger partial charge in [-0.05, 0) is 35.1 Å². The molecular formula is C25H36O6. The highest BCUT2D eigenvalue weighted by Crippen LogP contribution is 2.28. The predicted octanol–water partition coefficient (Wildman–Crippen LogP) is 4.96. The molecule has 0 heterocycles. The maximum Gasteiger partial charge on any atom is 0.335 e. The van der Waals surface area contributed by atoms with Crippen LogP contribution in [0.4, 0.5) is 0 Å². The Balaban J connectivity index is 0.000000445. The van der Waals surface area contributed by atoms with E-state index < -0.39 is 24.1 Å². The van der Waals surface area contributed by atoms with Crippen LogP contribution in [-0.2, 0) is 0 Å². The summed E-state index contributed by atoms with van der Waals surface area (Å²) < 4.78 is 0. The minimum atomic E-state index is -0.879. The maximum atomic E-state index is 10.2. The highest BCUT2D eigenvalue weighted by Gasteiger charge is 2.30. The van der Waals surface area contributed by atoms with Crippen molar-refractivity contribution in [3.8, 4) is 0 Å². The van der Waals surface area contributed by atoms with Gasteiger partial charge in [0.15, 0.2) is 0 Å². The van der Waals surface area contributed by atoms with Crippen LogP contribution in [0.2, 0.25) is 0 Å². The Morgan fingerprint density at radius 1 is 0.645 bits per heavy atom. The molecule has 2 aromatic rings. The third-order valence-corrected chi connectivity index (χ3v) is 4.49. The second kappa shape index (κ2) is 12.9. The fraction of sp³-hybridized carbons (Fsp3) is 0.440. The maximum absolute atomic E-state index is 10.2. The van der Waals surface area contributed by atoms with Gasteiger partial charge in [0.2, 0.25) is 0 Å². The number of aromatic carboxylic acids is 2. The predicted molar refractivity (Wildman–Crippen MR) is 122 cm³/mol. The lowest BCUT2D eigenvalue weighted by atomic mass is 9.79. The van der Waals surface area contributed by atoms with Crippen molar-refractivity contribution < 1.29 is 30.0 Å². The zero-order valence-corrected chi connectivity index (χ0v) is 19.2.